The number of benzene rings is 2. The third kappa shape index (κ3) is 4.24. The van der Waals surface area contributed by atoms with E-state index in [0.29, 0.717) is 31.6 Å². The van der Waals surface area contributed by atoms with Gasteiger partial charge < -0.3 is 9.88 Å². The maximum atomic E-state index is 12.8. The van der Waals surface area contributed by atoms with E-state index >= 15 is 0 Å². The fourth-order valence-electron chi connectivity index (χ4n) is 3.95. The van der Waals surface area contributed by atoms with Crippen LogP contribution in [0.5, 0.6) is 0 Å². The molecular weight excluding hydrogens is 400 g/mol. The van der Waals surface area contributed by atoms with E-state index in [1.807, 2.05) is 30.5 Å². The average molecular weight is 427 g/mol. The fourth-order valence-corrected chi connectivity index (χ4v) is 5.49. The number of nitrogens with one attached hydrogen (secondary N) is 1. The van der Waals surface area contributed by atoms with E-state index in [1.54, 1.807) is 24.5 Å². The second kappa shape index (κ2) is 8.20. The molecule has 0 bridgehead atoms. The van der Waals surface area contributed by atoms with Crippen molar-refractivity contribution >= 4 is 32.7 Å². The standard InChI is InChI=1S/C22H26N4O3S/c1-16-11-17(2)13-18(12-16)24-22(27)7-10-25-15-23-20-14-19(5-6-21(20)25)30(28,29)26-8-3-4-9-26/h5-6,11-15H,3-4,7-10H2,1-2H3,(H,24,27). The molecule has 2 heterocycles. The Morgan fingerprint density at radius 2 is 1.77 bits per heavy atom. The average Bonchev–Trinajstić information content (AvgIpc) is 3.35. The minimum Gasteiger partial charge on any atom is -0.330 e. The summed E-state index contributed by atoms with van der Waals surface area (Å²) in [6.07, 6.45) is 3.76. The van der Waals surface area contributed by atoms with Gasteiger partial charge in [0.25, 0.3) is 0 Å². The molecule has 2 aromatic carbocycles. The van der Waals surface area contributed by atoms with Crippen molar-refractivity contribution in [1.82, 2.24) is 13.9 Å². The van der Waals surface area contributed by atoms with Gasteiger partial charge in [0.15, 0.2) is 0 Å². The van der Waals surface area contributed by atoms with Crippen LogP contribution in [-0.2, 0) is 21.4 Å². The molecule has 4 rings (SSSR count). The highest BCUT2D eigenvalue weighted by molar-refractivity contribution is 7.89. The van der Waals surface area contributed by atoms with Crippen LogP contribution in [0.1, 0.15) is 30.4 Å². The number of amides is 1. The van der Waals surface area contributed by atoms with E-state index in [4.69, 9.17) is 0 Å². The van der Waals surface area contributed by atoms with Gasteiger partial charge in [0.1, 0.15) is 0 Å². The zero-order valence-electron chi connectivity index (χ0n) is 17.3. The molecule has 0 unspecified atom stereocenters. The van der Waals surface area contributed by atoms with Crippen LogP contribution in [0.3, 0.4) is 0 Å². The van der Waals surface area contributed by atoms with Crippen molar-refractivity contribution in [3.63, 3.8) is 0 Å². The highest BCUT2D eigenvalue weighted by Crippen LogP contribution is 2.24. The molecule has 8 heteroatoms. The second-order valence-corrected chi connectivity index (χ2v) is 9.81. The summed E-state index contributed by atoms with van der Waals surface area (Å²) in [5.41, 5.74) is 4.43. The summed E-state index contributed by atoms with van der Waals surface area (Å²) in [7, 11) is -3.47. The first-order valence-corrected chi connectivity index (χ1v) is 11.6. The van der Waals surface area contributed by atoms with E-state index in [-0.39, 0.29) is 10.8 Å². The molecule has 3 aromatic rings. The van der Waals surface area contributed by atoms with E-state index in [1.165, 1.54) is 4.31 Å². The Morgan fingerprint density at radius 1 is 1.07 bits per heavy atom. The van der Waals surface area contributed by atoms with Crippen molar-refractivity contribution in [1.29, 1.82) is 0 Å². The monoisotopic (exact) mass is 426 g/mol. The van der Waals surface area contributed by atoms with E-state index in [2.05, 4.69) is 16.4 Å². The number of aryl methyl sites for hydroxylation is 3. The van der Waals surface area contributed by atoms with Gasteiger partial charge in [0.05, 0.1) is 22.3 Å². The van der Waals surface area contributed by atoms with E-state index < -0.39 is 10.0 Å². The Hall–Kier alpha value is -2.71. The highest BCUT2D eigenvalue weighted by atomic mass is 32.2. The lowest BCUT2D eigenvalue weighted by Gasteiger charge is -2.15. The maximum absolute atomic E-state index is 12.8. The first kappa shape index (κ1) is 20.6. The van der Waals surface area contributed by atoms with Gasteiger partial charge in [-0.15, -0.1) is 0 Å². The number of carbonyl (C=O) groups is 1. The Balaban J connectivity index is 1.45. The molecule has 1 saturated heterocycles. The van der Waals surface area contributed by atoms with Gasteiger partial charge in [-0.1, -0.05) is 6.07 Å². The lowest BCUT2D eigenvalue weighted by Crippen LogP contribution is -2.27. The first-order chi connectivity index (χ1) is 14.3. The van der Waals surface area contributed by atoms with Gasteiger partial charge in [0.2, 0.25) is 15.9 Å². The number of rotatable bonds is 6. The smallest absolute Gasteiger partial charge is 0.243 e. The van der Waals surface area contributed by atoms with Crippen molar-refractivity contribution in [2.45, 2.75) is 44.6 Å². The van der Waals surface area contributed by atoms with Crippen molar-refractivity contribution < 1.29 is 13.2 Å². The molecule has 0 atom stereocenters. The topological polar surface area (TPSA) is 84.3 Å². The number of imidazole rings is 1. The summed E-state index contributed by atoms with van der Waals surface area (Å²) >= 11 is 0. The van der Waals surface area contributed by atoms with Crippen LogP contribution in [0.2, 0.25) is 0 Å². The van der Waals surface area contributed by atoms with Crippen LogP contribution < -0.4 is 5.32 Å². The highest BCUT2D eigenvalue weighted by Gasteiger charge is 2.27. The van der Waals surface area contributed by atoms with Gasteiger partial charge in [-0.25, -0.2) is 13.4 Å². The molecule has 1 aromatic heterocycles. The number of hydrogen-bond donors (Lipinski definition) is 1. The summed E-state index contributed by atoms with van der Waals surface area (Å²) in [4.78, 5) is 17.0. The molecular formula is C22H26N4O3S. The second-order valence-electron chi connectivity index (χ2n) is 7.87. The summed E-state index contributed by atoms with van der Waals surface area (Å²) < 4.78 is 28.9. The minimum atomic E-state index is -3.47. The largest absolute Gasteiger partial charge is 0.330 e. The predicted octanol–water partition coefficient (Wildman–Crippen LogP) is 3.47. The Morgan fingerprint density at radius 3 is 2.47 bits per heavy atom. The number of fused-ring (bicyclic) bond motifs is 1. The van der Waals surface area contributed by atoms with Crippen LogP contribution in [0, 0.1) is 13.8 Å². The molecule has 158 valence electrons. The Kier molecular flexibility index (Phi) is 5.62. The van der Waals surface area contributed by atoms with E-state index in [0.717, 1.165) is 35.2 Å². The van der Waals surface area contributed by atoms with Gasteiger partial charge in [-0.3, -0.25) is 4.79 Å². The molecule has 30 heavy (non-hydrogen) atoms. The summed E-state index contributed by atoms with van der Waals surface area (Å²) in [6, 6.07) is 11.0. The molecule has 1 aliphatic rings. The van der Waals surface area contributed by atoms with Gasteiger partial charge >= 0.3 is 0 Å². The first-order valence-electron chi connectivity index (χ1n) is 10.2. The van der Waals surface area contributed by atoms with Crippen LogP contribution in [0.15, 0.2) is 47.6 Å². The number of sulfonamides is 1. The predicted molar refractivity (Wildman–Crippen MR) is 117 cm³/mol. The molecule has 1 fully saturated rings. The third-order valence-electron chi connectivity index (χ3n) is 5.38. The quantitative estimate of drug-likeness (QED) is 0.654. The van der Waals surface area contributed by atoms with Crippen molar-refractivity contribution in [2.75, 3.05) is 18.4 Å². The summed E-state index contributed by atoms with van der Waals surface area (Å²) in [5.74, 6) is -0.0740. The lowest BCUT2D eigenvalue weighted by atomic mass is 10.1. The third-order valence-corrected chi connectivity index (χ3v) is 7.28. The molecule has 0 saturated carbocycles. The Bertz CT molecular complexity index is 1170. The number of anilines is 1. The number of nitrogens with zero attached hydrogens (tertiary/aromatic N) is 3. The van der Waals surface area contributed by atoms with Gasteiger partial charge in [0, 0.05) is 31.7 Å². The molecule has 1 amide bonds. The molecule has 0 aliphatic carbocycles. The Labute approximate surface area is 176 Å². The zero-order chi connectivity index (χ0) is 21.3. The molecule has 7 nitrogen and oxygen atoms in total. The molecule has 0 radical (unpaired) electrons. The number of aromatic nitrogens is 2. The van der Waals surface area contributed by atoms with Crippen LogP contribution >= 0.6 is 0 Å². The summed E-state index contributed by atoms with van der Waals surface area (Å²) in [6.45, 7) is 5.61. The lowest BCUT2D eigenvalue weighted by molar-refractivity contribution is -0.116. The normalized spacial score (nSPS) is 15.0. The van der Waals surface area contributed by atoms with Crippen LogP contribution in [0.4, 0.5) is 5.69 Å². The minimum absolute atomic E-state index is 0.0740. The zero-order valence-corrected chi connectivity index (χ0v) is 18.1. The fraction of sp³-hybridized carbons (Fsp3) is 0.364. The van der Waals surface area contributed by atoms with Crippen LogP contribution in [-0.4, -0.2) is 41.3 Å². The summed E-state index contributed by atoms with van der Waals surface area (Å²) in [5, 5.41) is 2.94. The van der Waals surface area contributed by atoms with Gasteiger partial charge in [-0.05, 0) is 68.1 Å². The molecule has 0 spiro atoms. The molecule has 1 N–H and O–H groups in total. The number of carbonyl (C=O) groups excluding carboxylic acids is 1. The van der Waals surface area contributed by atoms with Crippen molar-refractivity contribution in [3.05, 3.63) is 53.9 Å². The van der Waals surface area contributed by atoms with Crippen molar-refractivity contribution in [2.24, 2.45) is 0 Å². The molecule has 1 aliphatic heterocycles. The van der Waals surface area contributed by atoms with Crippen LogP contribution in [0.25, 0.3) is 11.0 Å². The van der Waals surface area contributed by atoms with E-state index in [9.17, 15) is 13.2 Å². The number of hydrogen-bond acceptors (Lipinski definition) is 4. The van der Waals surface area contributed by atoms with Gasteiger partial charge in [-0.2, -0.15) is 4.31 Å². The maximum Gasteiger partial charge on any atom is 0.243 e. The van der Waals surface area contributed by atoms with Crippen molar-refractivity contribution in [3.8, 4) is 0 Å². The SMILES string of the molecule is Cc1cc(C)cc(NC(=O)CCn2cnc3cc(S(=O)(=O)N4CCCC4)ccc32)c1.